The van der Waals surface area contributed by atoms with Crippen molar-refractivity contribution in [2.75, 3.05) is 0 Å². The second-order valence-corrected chi connectivity index (χ2v) is 4.52. The molecule has 1 aromatic rings. The zero-order valence-corrected chi connectivity index (χ0v) is 10.5. The van der Waals surface area contributed by atoms with Gasteiger partial charge in [-0.1, -0.05) is 19.1 Å². The summed E-state index contributed by atoms with van der Waals surface area (Å²) in [7, 11) is 0. The summed E-state index contributed by atoms with van der Waals surface area (Å²) >= 11 is 0. The van der Waals surface area contributed by atoms with Crippen LogP contribution in [-0.2, 0) is 4.79 Å². The Hall–Kier alpha value is -1.42. The first-order valence-electron chi connectivity index (χ1n) is 5.72. The van der Waals surface area contributed by atoms with Gasteiger partial charge in [-0.2, -0.15) is 0 Å². The van der Waals surface area contributed by atoms with Crippen LogP contribution in [0.1, 0.15) is 38.8 Å². The summed E-state index contributed by atoms with van der Waals surface area (Å²) in [6.45, 7) is 5.34. The zero-order chi connectivity index (χ0) is 13.1. The Bertz CT molecular complexity index is 404. The standard InChI is InChI=1S/C13H19FN2O/c1-4-13(3,15)12(17)16-9(2)10-6-5-7-11(14)8-10/h5-9H,4,15H2,1-3H3,(H,16,17)/t9-,13?/m1/s1. The fourth-order valence-electron chi connectivity index (χ4n) is 1.38. The SMILES string of the molecule is CCC(C)(N)C(=O)N[C@H](C)c1cccc(F)c1. The highest BCUT2D eigenvalue weighted by atomic mass is 19.1. The minimum atomic E-state index is -0.887. The van der Waals surface area contributed by atoms with Gasteiger partial charge in [0.15, 0.2) is 0 Å². The topological polar surface area (TPSA) is 55.1 Å². The third-order valence-electron chi connectivity index (χ3n) is 2.95. The van der Waals surface area contributed by atoms with E-state index in [1.807, 2.05) is 6.92 Å². The van der Waals surface area contributed by atoms with Crippen LogP contribution in [0.4, 0.5) is 4.39 Å². The molecule has 1 aromatic carbocycles. The van der Waals surface area contributed by atoms with Crippen LogP contribution >= 0.6 is 0 Å². The van der Waals surface area contributed by atoms with E-state index < -0.39 is 5.54 Å². The Kier molecular flexibility index (Phi) is 4.23. The number of amides is 1. The monoisotopic (exact) mass is 238 g/mol. The van der Waals surface area contributed by atoms with Crippen molar-refractivity contribution in [3.8, 4) is 0 Å². The lowest BCUT2D eigenvalue weighted by atomic mass is 9.98. The molecule has 17 heavy (non-hydrogen) atoms. The van der Waals surface area contributed by atoms with E-state index >= 15 is 0 Å². The quantitative estimate of drug-likeness (QED) is 0.844. The van der Waals surface area contributed by atoms with Crippen molar-refractivity contribution in [3.63, 3.8) is 0 Å². The molecule has 0 fully saturated rings. The lowest BCUT2D eigenvalue weighted by Crippen LogP contribution is -2.51. The molecule has 3 N–H and O–H groups in total. The Morgan fingerprint density at radius 1 is 1.59 bits per heavy atom. The molecule has 0 aliphatic rings. The summed E-state index contributed by atoms with van der Waals surface area (Å²) < 4.78 is 13.0. The minimum absolute atomic E-state index is 0.225. The smallest absolute Gasteiger partial charge is 0.240 e. The molecule has 0 aliphatic carbocycles. The van der Waals surface area contributed by atoms with E-state index in [0.717, 1.165) is 5.56 Å². The highest BCUT2D eigenvalue weighted by Gasteiger charge is 2.27. The first kappa shape index (κ1) is 13.6. The number of hydrogen-bond acceptors (Lipinski definition) is 2. The van der Waals surface area contributed by atoms with Crippen molar-refractivity contribution in [2.24, 2.45) is 5.73 Å². The maximum Gasteiger partial charge on any atom is 0.240 e. The van der Waals surface area contributed by atoms with Gasteiger partial charge in [0.2, 0.25) is 5.91 Å². The van der Waals surface area contributed by atoms with E-state index in [0.29, 0.717) is 6.42 Å². The molecule has 0 bridgehead atoms. The van der Waals surface area contributed by atoms with Crippen LogP contribution in [0, 0.1) is 5.82 Å². The van der Waals surface area contributed by atoms with Crippen LogP contribution in [-0.4, -0.2) is 11.4 Å². The molecule has 0 radical (unpaired) electrons. The van der Waals surface area contributed by atoms with Gasteiger partial charge < -0.3 is 11.1 Å². The van der Waals surface area contributed by atoms with Gasteiger partial charge in [-0.15, -0.1) is 0 Å². The van der Waals surface area contributed by atoms with Gasteiger partial charge in [0.05, 0.1) is 11.6 Å². The van der Waals surface area contributed by atoms with E-state index in [2.05, 4.69) is 5.32 Å². The lowest BCUT2D eigenvalue weighted by Gasteiger charge is -2.24. The number of hydrogen-bond donors (Lipinski definition) is 2. The summed E-state index contributed by atoms with van der Waals surface area (Å²) in [5, 5.41) is 2.78. The number of carbonyl (C=O) groups excluding carboxylic acids is 1. The molecule has 0 aliphatic heterocycles. The molecule has 3 nitrogen and oxygen atoms in total. The molecule has 0 heterocycles. The van der Waals surface area contributed by atoms with Gasteiger partial charge >= 0.3 is 0 Å². The van der Waals surface area contributed by atoms with Crippen molar-refractivity contribution in [3.05, 3.63) is 35.6 Å². The molecule has 4 heteroatoms. The predicted octanol–water partition coefficient (Wildman–Crippen LogP) is 2.13. The fraction of sp³-hybridized carbons (Fsp3) is 0.462. The molecule has 1 unspecified atom stereocenters. The Labute approximate surface area is 101 Å². The number of halogens is 1. The lowest BCUT2D eigenvalue weighted by molar-refractivity contribution is -0.126. The number of carbonyl (C=O) groups is 1. The molecule has 2 atom stereocenters. The van der Waals surface area contributed by atoms with Crippen molar-refractivity contribution in [2.45, 2.75) is 38.8 Å². The van der Waals surface area contributed by atoms with Crippen molar-refractivity contribution in [1.82, 2.24) is 5.32 Å². The van der Waals surface area contributed by atoms with Gasteiger partial charge in [-0.25, -0.2) is 4.39 Å². The zero-order valence-electron chi connectivity index (χ0n) is 10.5. The molecule has 1 rings (SSSR count). The van der Waals surface area contributed by atoms with E-state index in [1.165, 1.54) is 12.1 Å². The first-order valence-corrected chi connectivity index (χ1v) is 5.72. The summed E-state index contributed by atoms with van der Waals surface area (Å²) in [6.07, 6.45) is 0.550. The van der Waals surface area contributed by atoms with Crippen LogP contribution in [0.25, 0.3) is 0 Å². The number of nitrogens with two attached hydrogens (primary N) is 1. The van der Waals surface area contributed by atoms with E-state index in [1.54, 1.807) is 26.0 Å². The maximum absolute atomic E-state index is 13.0. The van der Waals surface area contributed by atoms with Crippen LogP contribution in [0.3, 0.4) is 0 Å². The van der Waals surface area contributed by atoms with Gasteiger partial charge in [0.1, 0.15) is 5.82 Å². The van der Waals surface area contributed by atoms with E-state index in [4.69, 9.17) is 5.73 Å². The van der Waals surface area contributed by atoms with E-state index in [9.17, 15) is 9.18 Å². The predicted molar refractivity (Wildman–Crippen MR) is 65.8 cm³/mol. The maximum atomic E-state index is 13.0. The molecule has 0 saturated carbocycles. The van der Waals surface area contributed by atoms with E-state index in [-0.39, 0.29) is 17.8 Å². The van der Waals surface area contributed by atoms with Gasteiger partial charge in [0.25, 0.3) is 0 Å². The van der Waals surface area contributed by atoms with Crippen molar-refractivity contribution < 1.29 is 9.18 Å². The largest absolute Gasteiger partial charge is 0.348 e. The minimum Gasteiger partial charge on any atom is -0.348 e. The molecule has 1 amide bonds. The van der Waals surface area contributed by atoms with Crippen LogP contribution in [0.2, 0.25) is 0 Å². The normalized spacial score (nSPS) is 16.1. The Morgan fingerprint density at radius 3 is 2.76 bits per heavy atom. The summed E-state index contributed by atoms with van der Waals surface area (Å²) in [5.74, 6) is -0.536. The summed E-state index contributed by atoms with van der Waals surface area (Å²) in [4.78, 5) is 11.8. The van der Waals surface area contributed by atoms with Crippen molar-refractivity contribution in [1.29, 1.82) is 0 Å². The third kappa shape index (κ3) is 3.53. The average molecular weight is 238 g/mol. The van der Waals surface area contributed by atoms with Crippen LogP contribution < -0.4 is 11.1 Å². The van der Waals surface area contributed by atoms with Crippen LogP contribution in [0.5, 0.6) is 0 Å². The molecule has 0 saturated heterocycles. The van der Waals surface area contributed by atoms with Gasteiger partial charge in [0, 0.05) is 0 Å². The average Bonchev–Trinajstić information content (AvgIpc) is 2.28. The third-order valence-corrected chi connectivity index (χ3v) is 2.95. The van der Waals surface area contributed by atoms with Gasteiger partial charge in [-0.05, 0) is 38.0 Å². The second kappa shape index (κ2) is 5.27. The highest BCUT2D eigenvalue weighted by molar-refractivity contribution is 5.85. The first-order chi connectivity index (χ1) is 7.86. The fourth-order valence-corrected chi connectivity index (χ4v) is 1.38. The summed E-state index contributed by atoms with van der Waals surface area (Å²) in [6, 6.07) is 5.91. The molecule has 0 spiro atoms. The summed E-state index contributed by atoms with van der Waals surface area (Å²) in [5.41, 5.74) is 5.67. The molecule has 0 aromatic heterocycles. The molecular formula is C13H19FN2O. The highest BCUT2D eigenvalue weighted by Crippen LogP contribution is 2.15. The molecule has 94 valence electrons. The molecular weight excluding hydrogens is 219 g/mol. The number of nitrogens with one attached hydrogen (secondary N) is 1. The number of benzene rings is 1. The number of rotatable bonds is 4. The van der Waals surface area contributed by atoms with Crippen molar-refractivity contribution >= 4 is 5.91 Å². The van der Waals surface area contributed by atoms with Crippen LogP contribution in [0.15, 0.2) is 24.3 Å². The second-order valence-electron chi connectivity index (χ2n) is 4.52. The Morgan fingerprint density at radius 2 is 2.24 bits per heavy atom. The Balaban J connectivity index is 2.73. The van der Waals surface area contributed by atoms with Gasteiger partial charge in [-0.3, -0.25) is 4.79 Å².